The van der Waals surface area contributed by atoms with Crippen LogP contribution in [-0.2, 0) is 23.9 Å². The molecule has 0 bridgehead atoms. The monoisotopic (exact) mass is 815 g/mol. The molecule has 59 heavy (non-hydrogen) atoms. The minimum atomic E-state index is -2.22. The largest absolute Gasteiger partial charge is 0.506 e. The van der Waals surface area contributed by atoms with Crippen molar-refractivity contribution < 1.29 is 19.4 Å². The summed E-state index contributed by atoms with van der Waals surface area (Å²) in [6.07, 6.45) is 3.41. The van der Waals surface area contributed by atoms with Gasteiger partial charge in [-0.05, 0) is 109 Å². The lowest BCUT2D eigenvalue weighted by Gasteiger charge is -2.39. The van der Waals surface area contributed by atoms with E-state index in [4.69, 9.17) is 10.2 Å². The van der Waals surface area contributed by atoms with E-state index in [1.54, 1.807) is 17.0 Å². The smallest absolute Gasteiger partial charge is 0.412 e. The second-order valence-corrected chi connectivity index (χ2v) is 22.2. The van der Waals surface area contributed by atoms with Gasteiger partial charge in [0.25, 0.3) is 0 Å². The molecule has 4 aromatic carbocycles. The van der Waals surface area contributed by atoms with Crippen LogP contribution in [0.15, 0.2) is 95.8 Å². The van der Waals surface area contributed by atoms with Crippen LogP contribution in [0.3, 0.4) is 0 Å². The van der Waals surface area contributed by atoms with Crippen molar-refractivity contribution >= 4 is 42.0 Å². The molecule has 0 radical (unpaired) electrons. The zero-order valence-electron chi connectivity index (χ0n) is 34.7. The molecule has 1 atom stereocenters. The number of hydrogen-bond donors (Lipinski definition) is 5. The number of fused-ring (bicyclic) bond motifs is 2. The number of benzene rings is 4. The predicted octanol–water partition coefficient (Wildman–Crippen LogP) is 8.89. The number of nitrogens with zero attached hydrogens (tertiary/aromatic N) is 4. The number of phenols is 1. The first-order valence-corrected chi connectivity index (χ1v) is 23.6. The van der Waals surface area contributed by atoms with Crippen molar-refractivity contribution in [2.75, 3.05) is 11.4 Å². The number of aromatic nitrogens is 4. The number of anilines is 1. The Morgan fingerprint density at radius 1 is 1.00 bits per heavy atom. The normalized spacial score (nSPS) is 16.7. The third kappa shape index (κ3) is 9.44. The van der Waals surface area contributed by atoms with Gasteiger partial charge < -0.3 is 30.7 Å². The molecule has 0 aliphatic heterocycles. The summed E-state index contributed by atoms with van der Waals surface area (Å²) in [5.74, 6) is 0.0247. The van der Waals surface area contributed by atoms with Gasteiger partial charge in [0.15, 0.2) is 8.32 Å². The number of H-pyrrole nitrogens is 1. The number of nitrogens with two attached hydrogens (primary N) is 1. The average Bonchev–Trinajstić information content (AvgIpc) is 3.60. The lowest BCUT2D eigenvalue weighted by Crippen LogP contribution is -2.44. The van der Waals surface area contributed by atoms with Gasteiger partial charge in [0.05, 0.1) is 22.8 Å². The summed E-state index contributed by atoms with van der Waals surface area (Å²) in [7, 11) is -2.22. The Balaban J connectivity index is 1.04. The molecule has 1 aliphatic rings. The maximum Gasteiger partial charge on any atom is 0.412 e. The summed E-state index contributed by atoms with van der Waals surface area (Å²) in [6.45, 7) is 12.8. The third-order valence-corrected chi connectivity index (χ3v) is 16.8. The molecule has 1 fully saturated rings. The second-order valence-electron chi connectivity index (χ2n) is 17.5. The van der Waals surface area contributed by atoms with E-state index in [1.165, 1.54) is 6.07 Å². The first kappa shape index (κ1) is 41.8. The minimum Gasteiger partial charge on any atom is -0.506 e. The summed E-state index contributed by atoms with van der Waals surface area (Å²) in [4.78, 5) is 29.3. The molecule has 13 heteroatoms. The summed E-state index contributed by atoms with van der Waals surface area (Å²) in [6, 6.07) is 29.2. The van der Waals surface area contributed by atoms with Gasteiger partial charge in [-0.2, -0.15) is 0 Å². The summed E-state index contributed by atoms with van der Waals surface area (Å²) < 4.78 is 8.91. The van der Waals surface area contributed by atoms with E-state index >= 15 is 0 Å². The Morgan fingerprint density at radius 3 is 2.47 bits per heavy atom. The van der Waals surface area contributed by atoms with Crippen molar-refractivity contribution in [3.05, 3.63) is 118 Å². The summed E-state index contributed by atoms with van der Waals surface area (Å²) in [5, 5.41) is 34.4. The molecule has 6 N–H and O–H groups in total. The lowest BCUT2D eigenvalue weighted by molar-refractivity contribution is 0.181. The zero-order valence-corrected chi connectivity index (χ0v) is 35.7. The Kier molecular flexibility index (Phi) is 12.4. The number of amides is 1. The Bertz CT molecular complexity index is 2470. The number of hydrogen-bond acceptors (Lipinski definition) is 8. The van der Waals surface area contributed by atoms with Gasteiger partial charge in [-0.3, -0.25) is 9.69 Å². The molecule has 1 amide bonds. The number of carboxylic acid groups (broad SMARTS) is 1. The van der Waals surface area contributed by atoms with Gasteiger partial charge in [0.2, 0.25) is 5.56 Å². The molecule has 7 rings (SSSR count). The highest BCUT2D eigenvalue weighted by Gasteiger charge is 2.40. The molecule has 0 spiro atoms. The molecule has 1 aliphatic carbocycles. The minimum absolute atomic E-state index is 0.0231. The average molecular weight is 816 g/mol. The molecule has 6 aromatic rings. The fourth-order valence-electron chi connectivity index (χ4n) is 7.97. The number of carbonyl (C=O) groups is 1. The quantitative estimate of drug-likeness (QED) is 0.0674. The van der Waals surface area contributed by atoms with E-state index < -0.39 is 14.4 Å². The standard InChI is InChI=1S/C46H57N7O5Si/c1-46(2,3)59(4,5)58-42(36-20-23-41(54)44-37(36)21-24-43(55)49-44)29-48-28-31-14-22-39-38(26-31)50-51-52(39)25-9-10-30-13-19-35(32-11-7-6-8-12-32)40(27-30)53(45(56)57)34-17-15-33(47)16-18-34/h6-8,11-14,19-24,26-27,33-34,42,48,54H,9-10,15-18,25,28-29,47H2,1-5H3,(H,49,55)(H,56,57)/t33?,34?,42-/m1/s1. The van der Waals surface area contributed by atoms with Crippen molar-refractivity contribution in [1.29, 1.82) is 0 Å². The van der Waals surface area contributed by atoms with Crippen LogP contribution in [-0.4, -0.2) is 63.2 Å². The van der Waals surface area contributed by atoms with Crippen LogP contribution in [0, 0.1) is 0 Å². The van der Waals surface area contributed by atoms with Crippen LogP contribution in [0.25, 0.3) is 33.1 Å². The van der Waals surface area contributed by atoms with Crippen LogP contribution in [0.2, 0.25) is 18.1 Å². The molecular formula is C46H57N7O5Si. The molecule has 310 valence electrons. The predicted molar refractivity (Wildman–Crippen MR) is 237 cm³/mol. The van der Waals surface area contributed by atoms with Gasteiger partial charge in [-0.1, -0.05) is 80.6 Å². The number of aromatic hydroxyl groups is 1. The van der Waals surface area contributed by atoms with Crippen LogP contribution in [0.4, 0.5) is 10.5 Å². The van der Waals surface area contributed by atoms with Gasteiger partial charge in [-0.25, -0.2) is 9.48 Å². The number of nitrogens with one attached hydrogen (secondary N) is 2. The molecular weight excluding hydrogens is 759 g/mol. The molecule has 0 saturated heterocycles. The Morgan fingerprint density at radius 2 is 1.75 bits per heavy atom. The first-order valence-electron chi connectivity index (χ1n) is 20.7. The fourth-order valence-corrected chi connectivity index (χ4v) is 9.25. The number of aryl methyl sites for hydroxylation is 2. The third-order valence-electron chi connectivity index (χ3n) is 12.3. The second kappa shape index (κ2) is 17.5. The van der Waals surface area contributed by atoms with E-state index in [1.807, 2.05) is 41.1 Å². The Labute approximate surface area is 346 Å². The van der Waals surface area contributed by atoms with E-state index in [-0.39, 0.29) is 34.5 Å². The van der Waals surface area contributed by atoms with E-state index in [0.717, 1.165) is 88.4 Å². The van der Waals surface area contributed by atoms with Crippen LogP contribution in [0.5, 0.6) is 5.75 Å². The number of phenolic OH excluding ortho intramolecular Hbond substituents is 1. The highest BCUT2D eigenvalue weighted by atomic mass is 28.4. The molecule has 1 saturated carbocycles. The molecule has 2 heterocycles. The van der Waals surface area contributed by atoms with Crippen LogP contribution < -0.4 is 21.5 Å². The van der Waals surface area contributed by atoms with E-state index in [2.05, 4.69) is 90.9 Å². The highest BCUT2D eigenvalue weighted by Crippen LogP contribution is 2.41. The van der Waals surface area contributed by atoms with Crippen molar-refractivity contribution in [1.82, 2.24) is 25.3 Å². The van der Waals surface area contributed by atoms with Crippen LogP contribution >= 0.6 is 0 Å². The maximum atomic E-state index is 12.8. The van der Waals surface area contributed by atoms with Gasteiger partial charge in [-0.15, -0.1) is 5.10 Å². The van der Waals surface area contributed by atoms with Gasteiger partial charge in [0.1, 0.15) is 11.3 Å². The number of aromatic amines is 1. The fraction of sp³-hybridized carbons (Fsp3) is 0.391. The summed E-state index contributed by atoms with van der Waals surface area (Å²) in [5.41, 5.74) is 13.7. The van der Waals surface area contributed by atoms with Gasteiger partial charge >= 0.3 is 6.09 Å². The lowest BCUT2D eigenvalue weighted by atomic mass is 9.89. The highest BCUT2D eigenvalue weighted by molar-refractivity contribution is 6.74. The number of rotatable bonds is 14. The topological polar surface area (TPSA) is 172 Å². The SMILES string of the molecule is CC(C)(C)[Si](C)(C)O[C@H](CNCc1ccc2c(c1)nnn2CCCc1ccc(-c2ccccc2)c(N(C(=O)O)C2CCC(N)CC2)c1)c1ccc(O)c2[nH]c(=O)ccc12. The molecule has 12 nitrogen and oxygen atoms in total. The van der Waals surface area contributed by atoms with Crippen molar-refractivity contribution in [2.45, 2.75) is 109 Å². The van der Waals surface area contributed by atoms with Crippen molar-refractivity contribution in [3.63, 3.8) is 0 Å². The first-order chi connectivity index (χ1) is 28.2. The van der Waals surface area contributed by atoms with Crippen LogP contribution in [0.1, 0.15) is 75.7 Å². The maximum absolute atomic E-state index is 12.8. The molecule has 2 aromatic heterocycles. The Hall–Kier alpha value is -5.34. The van der Waals surface area contributed by atoms with E-state index in [0.29, 0.717) is 25.2 Å². The van der Waals surface area contributed by atoms with E-state index in [9.17, 15) is 19.8 Å². The number of pyridine rings is 1. The van der Waals surface area contributed by atoms with Crippen molar-refractivity contribution in [2.24, 2.45) is 5.73 Å². The van der Waals surface area contributed by atoms with Crippen molar-refractivity contribution in [3.8, 4) is 16.9 Å². The van der Waals surface area contributed by atoms with Gasteiger partial charge in [0, 0.05) is 48.7 Å². The molecule has 0 unspecified atom stereocenters. The summed E-state index contributed by atoms with van der Waals surface area (Å²) >= 11 is 0. The zero-order chi connectivity index (χ0) is 41.9.